The molecule has 0 radical (unpaired) electrons. The van der Waals surface area contributed by atoms with Crippen LogP contribution >= 0.6 is 27.3 Å². The molecule has 7 heterocycles. The number of carbonyl (C=O) groups excluding carboxylic acids is 2. The molecule has 25 heteroatoms. The van der Waals surface area contributed by atoms with Crippen molar-refractivity contribution in [3.8, 4) is 10.4 Å². The van der Waals surface area contributed by atoms with Crippen molar-refractivity contribution in [2.24, 2.45) is 5.92 Å². The topological polar surface area (TPSA) is 176 Å². The molecule has 0 aliphatic carbocycles. The second-order valence-electron chi connectivity index (χ2n) is 31.3. The summed E-state index contributed by atoms with van der Waals surface area (Å²) in [5.41, 5.74) is 3.30. The smallest absolute Gasteiger partial charge is 0.410 e. The lowest BCUT2D eigenvalue weighted by Gasteiger charge is -2.34. The summed E-state index contributed by atoms with van der Waals surface area (Å²) in [5, 5.41) is 10.6. The molecule has 2 atom stereocenters. The molecule has 0 spiro atoms. The molecule has 2 aliphatic heterocycles. The summed E-state index contributed by atoms with van der Waals surface area (Å²) in [5.74, 6) is 2.43. The number of hydrogen-bond acceptors (Lipinski definition) is 16. The number of likely N-dealkylation sites (tertiary alicyclic amines) is 2. The number of carbonyl (C=O) groups is 2. The molecule has 5 aromatic rings. The lowest BCUT2D eigenvalue weighted by atomic mass is 9.94. The Kier molecular flexibility index (Phi) is 26.4. The minimum absolute atomic E-state index is 0.0539. The Morgan fingerprint density at radius 3 is 1.38 bits per heavy atom. The number of ether oxygens (including phenoxy) is 6. The summed E-state index contributed by atoms with van der Waals surface area (Å²) in [6.45, 7) is 51.2. The molecule has 19 nitrogen and oxygen atoms in total. The molecule has 2 unspecified atom stereocenters. The molecular weight excluding hydrogens is 1260 g/mol. The second-order valence-corrected chi connectivity index (χ2v) is 55.8. The predicted octanol–water partition coefficient (Wildman–Crippen LogP) is 15.6. The first kappa shape index (κ1) is 73.3. The number of anilines is 2. The van der Waals surface area contributed by atoms with Crippen LogP contribution in [0.1, 0.15) is 109 Å². The van der Waals surface area contributed by atoms with Crippen molar-refractivity contribution in [2.75, 3.05) is 89.3 Å². The van der Waals surface area contributed by atoms with Gasteiger partial charge in [0.1, 0.15) is 49.8 Å². The number of fused-ring (bicyclic) bond motifs is 2. The van der Waals surface area contributed by atoms with Crippen LogP contribution in [0.2, 0.25) is 103 Å². The zero-order valence-electron chi connectivity index (χ0n) is 57.4. The first-order valence-electron chi connectivity index (χ1n) is 32.1. The molecule has 5 aromatic heterocycles. The highest BCUT2D eigenvalue weighted by molar-refractivity contribution is 9.10. The van der Waals surface area contributed by atoms with Crippen LogP contribution in [0.25, 0.3) is 21.7 Å². The van der Waals surface area contributed by atoms with E-state index in [1.807, 2.05) is 72.8 Å². The maximum absolute atomic E-state index is 13.1. The highest BCUT2D eigenvalue weighted by Gasteiger charge is 2.33. The minimum Gasteiger partial charge on any atom is -0.444 e. The lowest BCUT2D eigenvalue weighted by molar-refractivity contribution is 0.0187. The van der Waals surface area contributed by atoms with Gasteiger partial charge < -0.3 is 48.0 Å². The van der Waals surface area contributed by atoms with E-state index in [-0.39, 0.29) is 24.0 Å². The van der Waals surface area contributed by atoms with Gasteiger partial charge in [0.25, 0.3) is 0 Å². The largest absolute Gasteiger partial charge is 0.444 e. The van der Waals surface area contributed by atoms with Gasteiger partial charge in [0.05, 0.1) is 43.7 Å². The van der Waals surface area contributed by atoms with Gasteiger partial charge in [-0.2, -0.15) is 19.2 Å². The highest BCUT2D eigenvalue weighted by atomic mass is 79.9. The Morgan fingerprint density at radius 2 is 0.989 bits per heavy atom. The number of rotatable bonds is 27. The van der Waals surface area contributed by atoms with Gasteiger partial charge in [-0.15, -0.1) is 11.3 Å². The number of aromatic nitrogens is 7. The summed E-state index contributed by atoms with van der Waals surface area (Å²) in [4.78, 5) is 50.0. The van der Waals surface area contributed by atoms with Gasteiger partial charge in [-0.25, -0.2) is 24.5 Å². The SMILES string of the molecule is CC(C)(C)OC(=O)N1CCCC(c2cc(N(COCC[Si](C)(C)C)COCC[Si](C)(C)C)n3ncc(Br)c3n2)C1.CC(C)Cc1ncc(-c2cnn3c(N(COCC[Si](C)(C)C)COCC[Si](C)(C)C)cc(C4CCCN(C(=O)OC(C)(C)C)C4)nc23)s1. The molecule has 0 saturated carbocycles. The van der Waals surface area contributed by atoms with Gasteiger partial charge in [-0.1, -0.05) is 92.4 Å². The zero-order chi connectivity index (χ0) is 65.0. The molecule has 7 rings (SSSR count). The molecule has 0 bridgehead atoms. The van der Waals surface area contributed by atoms with Gasteiger partial charge in [0, 0.05) is 121 Å². The fourth-order valence-corrected chi connectivity index (χ4v) is 14.3. The van der Waals surface area contributed by atoms with E-state index >= 15 is 0 Å². The number of nitrogens with zero attached hydrogens (tertiary/aromatic N) is 11. The maximum atomic E-state index is 13.1. The second kappa shape index (κ2) is 31.7. The van der Waals surface area contributed by atoms with Crippen LogP contribution in [0.3, 0.4) is 0 Å². The number of piperidine rings is 2. The molecule has 0 N–H and O–H groups in total. The standard InChI is InChI=1S/C35H60N6O4SSi2.C28H50BrN5O4Si2/c1-26(2)19-31-36-22-30(46-31)28-21-37-41-32(40(24-43-15-17-47(6,7)8)25-44-16-18-48(9,10)11)20-29(38-33(28)41)27-13-12-14-39(23-27)34(42)45-35(3,4)5;1-28(2,3)38-27(35)32-12-10-11-22(19-32)24-17-25(34-26(31-24)23(29)18-30-34)33(20-36-13-15-39(4,5)6)21-37-14-16-40(7,8)9/h20-22,26-27H,12-19,23-25H2,1-11H3;17-18,22H,10-16,19-21H2,1-9H3. The normalized spacial score (nSPS) is 16.6. The van der Waals surface area contributed by atoms with Gasteiger partial charge in [-0.05, 0) is 113 Å². The zero-order valence-corrected chi connectivity index (χ0v) is 63.8. The van der Waals surface area contributed by atoms with Crippen molar-refractivity contribution in [3.63, 3.8) is 0 Å². The van der Waals surface area contributed by atoms with E-state index in [1.165, 1.54) is 0 Å². The molecule has 2 amide bonds. The van der Waals surface area contributed by atoms with Crippen LogP contribution in [0, 0.1) is 5.92 Å². The summed E-state index contributed by atoms with van der Waals surface area (Å²) >= 11 is 5.35. The predicted molar refractivity (Wildman–Crippen MR) is 374 cm³/mol. The van der Waals surface area contributed by atoms with E-state index in [1.54, 1.807) is 17.5 Å². The third-order valence-electron chi connectivity index (χ3n) is 14.9. The Hall–Kier alpha value is -3.80. The van der Waals surface area contributed by atoms with E-state index < -0.39 is 43.5 Å². The molecule has 2 fully saturated rings. The van der Waals surface area contributed by atoms with Crippen LogP contribution in [-0.2, 0) is 34.8 Å². The van der Waals surface area contributed by atoms with Crippen LogP contribution in [0.4, 0.5) is 21.2 Å². The third kappa shape index (κ3) is 24.3. The van der Waals surface area contributed by atoms with Crippen LogP contribution in [0.5, 0.6) is 0 Å². The van der Waals surface area contributed by atoms with Crippen LogP contribution in [-0.4, -0.2) is 179 Å². The van der Waals surface area contributed by atoms with Crippen molar-refractivity contribution in [1.82, 2.24) is 44.0 Å². The molecular formula is C63H110BrN11O8SSi4. The first-order valence-corrected chi connectivity index (χ1v) is 48.5. The van der Waals surface area contributed by atoms with E-state index in [4.69, 9.17) is 48.5 Å². The quantitative estimate of drug-likeness (QED) is 0.0275. The average Bonchev–Trinajstić information content (AvgIpc) is 1.70. The van der Waals surface area contributed by atoms with Gasteiger partial charge in [0.2, 0.25) is 0 Å². The number of halogens is 1. The average molecular weight is 1370 g/mol. The Balaban J connectivity index is 0.000000286. The van der Waals surface area contributed by atoms with E-state index in [2.05, 4.69) is 135 Å². The Bertz CT molecular complexity index is 2970. The number of hydrogen-bond donors (Lipinski definition) is 0. The fraction of sp³-hybridized carbons (Fsp3) is 0.730. The van der Waals surface area contributed by atoms with Gasteiger partial charge in [0.15, 0.2) is 11.3 Å². The van der Waals surface area contributed by atoms with Crippen LogP contribution < -0.4 is 9.80 Å². The summed E-state index contributed by atoms with van der Waals surface area (Å²) in [6, 6.07) is 8.61. The van der Waals surface area contributed by atoms with E-state index in [9.17, 15) is 9.59 Å². The monoisotopic (exact) mass is 1370 g/mol. The maximum Gasteiger partial charge on any atom is 0.410 e. The summed E-state index contributed by atoms with van der Waals surface area (Å²) < 4.78 is 41.1. The number of thiazole rings is 1. The number of amides is 2. The van der Waals surface area contributed by atoms with E-state index in [0.29, 0.717) is 72.2 Å². The molecule has 88 heavy (non-hydrogen) atoms. The first-order chi connectivity index (χ1) is 40.9. The van der Waals surface area contributed by atoms with E-state index in [0.717, 1.165) is 124 Å². The molecule has 2 saturated heterocycles. The van der Waals surface area contributed by atoms with Crippen molar-refractivity contribution in [1.29, 1.82) is 0 Å². The van der Waals surface area contributed by atoms with Crippen molar-refractivity contribution >= 4 is 94.7 Å². The van der Waals surface area contributed by atoms with Crippen molar-refractivity contribution < 1.29 is 38.0 Å². The van der Waals surface area contributed by atoms with Gasteiger partial charge in [-0.3, -0.25) is 0 Å². The molecule has 0 aromatic carbocycles. The molecule has 494 valence electrons. The molecule has 2 aliphatic rings. The van der Waals surface area contributed by atoms with Crippen molar-refractivity contribution in [3.05, 3.63) is 51.6 Å². The van der Waals surface area contributed by atoms with Gasteiger partial charge >= 0.3 is 12.2 Å². The fourth-order valence-electron chi connectivity index (χ4n) is 9.80. The third-order valence-corrected chi connectivity index (χ3v) is 23.3. The van der Waals surface area contributed by atoms with Crippen molar-refractivity contribution in [2.45, 2.75) is 213 Å². The summed E-state index contributed by atoms with van der Waals surface area (Å²) in [7, 11) is -4.93. The Morgan fingerprint density at radius 1 is 0.602 bits per heavy atom. The highest BCUT2D eigenvalue weighted by Crippen LogP contribution is 2.36. The van der Waals surface area contributed by atoms with Crippen LogP contribution in [0.15, 0.2) is 35.2 Å². The lowest BCUT2D eigenvalue weighted by Crippen LogP contribution is -2.42. The summed E-state index contributed by atoms with van der Waals surface area (Å²) in [6.07, 6.45) is 9.71. The minimum atomic E-state index is -1.25. The Labute approximate surface area is 543 Å².